The molecule has 5 rings (SSSR count). The third-order valence-corrected chi connectivity index (χ3v) is 7.17. The largest absolute Gasteiger partial charge is 0.454 e. The van der Waals surface area contributed by atoms with Gasteiger partial charge in [-0.1, -0.05) is 35.9 Å². The Bertz CT molecular complexity index is 1280. The van der Waals surface area contributed by atoms with Crippen LogP contribution in [-0.4, -0.2) is 11.4 Å². The highest BCUT2D eigenvalue weighted by atomic mass is 35.5. The summed E-state index contributed by atoms with van der Waals surface area (Å²) in [4.78, 5) is 7.13. The molecular formula is C23H19ClN2O2S2. The lowest BCUT2D eigenvalue weighted by atomic mass is 10.1. The van der Waals surface area contributed by atoms with Gasteiger partial charge in [-0.15, -0.1) is 22.7 Å². The van der Waals surface area contributed by atoms with Gasteiger partial charge < -0.3 is 14.0 Å². The Hall–Kier alpha value is -2.54. The van der Waals surface area contributed by atoms with Crippen molar-refractivity contribution in [3.63, 3.8) is 0 Å². The highest BCUT2D eigenvalue weighted by Gasteiger charge is 2.16. The summed E-state index contributed by atoms with van der Waals surface area (Å²) in [6, 6.07) is 16.4. The molecule has 0 aliphatic carbocycles. The highest BCUT2D eigenvalue weighted by molar-refractivity contribution is 7.19. The number of halogens is 1. The molecule has 2 aromatic heterocycles. The Morgan fingerprint density at radius 3 is 2.60 bits per heavy atom. The minimum Gasteiger partial charge on any atom is -0.454 e. The maximum atomic E-state index is 6.22. The molecule has 0 spiro atoms. The topological polar surface area (TPSA) is 35.8 Å². The first-order chi connectivity index (χ1) is 14.6. The van der Waals surface area contributed by atoms with Gasteiger partial charge in [-0.05, 0) is 54.8 Å². The molecule has 1 aliphatic rings. The lowest BCUT2D eigenvalue weighted by Crippen LogP contribution is -2.16. The van der Waals surface area contributed by atoms with Crippen LogP contribution in [0.25, 0.3) is 10.6 Å². The van der Waals surface area contributed by atoms with E-state index in [-0.39, 0.29) is 6.79 Å². The molecule has 7 heteroatoms. The number of rotatable bonds is 4. The van der Waals surface area contributed by atoms with Crippen LogP contribution in [0.2, 0.25) is 4.34 Å². The molecule has 0 amide bonds. The minimum absolute atomic E-state index is 0.274. The molecule has 4 aromatic rings. The predicted octanol–water partition coefficient (Wildman–Crippen LogP) is 6.56. The molecule has 0 radical (unpaired) electrons. The van der Waals surface area contributed by atoms with Crippen LogP contribution >= 0.6 is 34.3 Å². The van der Waals surface area contributed by atoms with Crippen molar-refractivity contribution in [2.24, 2.45) is 4.99 Å². The maximum absolute atomic E-state index is 6.22. The van der Waals surface area contributed by atoms with Crippen LogP contribution in [0.3, 0.4) is 0 Å². The van der Waals surface area contributed by atoms with Crippen molar-refractivity contribution >= 4 is 40.0 Å². The fourth-order valence-corrected chi connectivity index (χ4v) is 5.57. The van der Waals surface area contributed by atoms with Gasteiger partial charge in [0.05, 0.1) is 27.1 Å². The van der Waals surface area contributed by atoms with Crippen LogP contribution < -0.4 is 14.3 Å². The van der Waals surface area contributed by atoms with E-state index >= 15 is 0 Å². The zero-order chi connectivity index (χ0) is 20.7. The van der Waals surface area contributed by atoms with Gasteiger partial charge in [0.15, 0.2) is 16.3 Å². The molecule has 0 N–H and O–H groups in total. The summed E-state index contributed by atoms with van der Waals surface area (Å²) < 4.78 is 14.0. The molecule has 0 bridgehead atoms. The lowest BCUT2D eigenvalue weighted by Gasteiger charge is -2.10. The molecule has 0 saturated heterocycles. The summed E-state index contributed by atoms with van der Waals surface area (Å²) in [5, 5.41) is 2.15. The average molecular weight is 455 g/mol. The van der Waals surface area contributed by atoms with Gasteiger partial charge in [0, 0.05) is 5.38 Å². The monoisotopic (exact) mass is 454 g/mol. The Balaban J connectivity index is 1.65. The highest BCUT2D eigenvalue weighted by Crippen LogP contribution is 2.35. The van der Waals surface area contributed by atoms with Crippen molar-refractivity contribution in [2.75, 3.05) is 6.79 Å². The Morgan fingerprint density at radius 2 is 1.83 bits per heavy atom. The molecule has 3 heterocycles. The van der Waals surface area contributed by atoms with E-state index in [4.69, 9.17) is 26.1 Å². The van der Waals surface area contributed by atoms with Crippen molar-refractivity contribution in [2.45, 2.75) is 20.4 Å². The molecule has 4 nitrogen and oxygen atoms in total. The van der Waals surface area contributed by atoms with Crippen LogP contribution in [0.4, 0.5) is 5.69 Å². The number of aromatic nitrogens is 1. The fourth-order valence-electron chi connectivity index (χ4n) is 3.52. The summed E-state index contributed by atoms with van der Waals surface area (Å²) in [7, 11) is 0. The van der Waals surface area contributed by atoms with Crippen LogP contribution in [0.5, 0.6) is 11.5 Å². The second kappa shape index (κ2) is 7.95. The Labute approximate surface area is 187 Å². The van der Waals surface area contributed by atoms with Crippen molar-refractivity contribution < 1.29 is 9.47 Å². The van der Waals surface area contributed by atoms with Crippen LogP contribution in [0, 0.1) is 13.8 Å². The SMILES string of the molecule is Cc1cccc(C)c1N=c1scc(-c2ccc(Cl)s2)n1Cc1ccc2c(c1)OCO2. The molecule has 1 aliphatic heterocycles. The van der Waals surface area contributed by atoms with Gasteiger partial charge in [0.25, 0.3) is 0 Å². The molecule has 152 valence electrons. The summed E-state index contributed by atoms with van der Waals surface area (Å²) in [5.41, 5.74) is 5.59. The van der Waals surface area contributed by atoms with E-state index in [0.717, 1.165) is 42.5 Å². The molecule has 0 unspecified atom stereocenters. The summed E-state index contributed by atoms with van der Waals surface area (Å²) >= 11 is 9.44. The maximum Gasteiger partial charge on any atom is 0.231 e. The van der Waals surface area contributed by atoms with Crippen molar-refractivity contribution in [3.8, 4) is 22.1 Å². The van der Waals surface area contributed by atoms with E-state index in [1.807, 2.05) is 18.2 Å². The van der Waals surface area contributed by atoms with Gasteiger partial charge in [-0.25, -0.2) is 4.99 Å². The van der Waals surface area contributed by atoms with Gasteiger partial charge in [0.1, 0.15) is 0 Å². The number of hydrogen-bond donors (Lipinski definition) is 0. The number of ether oxygens (including phenoxy) is 2. The second-order valence-corrected chi connectivity index (χ2v) is 9.68. The van der Waals surface area contributed by atoms with E-state index in [1.54, 1.807) is 22.7 Å². The third kappa shape index (κ3) is 3.67. The molecule has 2 aromatic carbocycles. The Morgan fingerprint density at radius 1 is 1.03 bits per heavy atom. The number of fused-ring (bicyclic) bond motifs is 1. The standard InChI is InChI=1S/C23H19ClN2O2S2/c1-14-4-3-5-15(2)22(14)25-23-26(17(12-29-23)20-8-9-21(24)30-20)11-16-6-7-18-19(10-16)28-13-27-18/h3-10,12H,11,13H2,1-2H3. The van der Waals surface area contributed by atoms with Gasteiger partial charge >= 0.3 is 0 Å². The molecule has 0 fully saturated rings. The first kappa shape index (κ1) is 19.4. The molecule has 30 heavy (non-hydrogen) atoms. The number of hydrogen-bond acceptors (Lipinski definition) is 5. The van der Waals surface area contributed by atoms with Crippen molar-refractivity contribution in [3.05, 3.63) is 79.7 Å². The number of thiophene rings is 1. The van der Waals surface area contributed by atoms with E-state index in [9.17, 15) is 0 Å². The van der Waals surface area contributed by atoms with E-state index < -0.39 is 0 Å². The zero-order valence-electron chi connectivity index (χ0n) is 16.5. The van der Waals surface area contributed by atoms with Crippen molar-refractivity contribution in [1.29, 1.82) is 0 Å². The minimum atomic E-state index is 0.274. The first-order valence-electron chi connectivity index (χ1n) is 9.52. The Kier molecular flexibility index (Phi) is 5.15. The van der Waals surface area contributed by atoms with Crippen LogP contribution in [0.1, 0.15) is 16.7 Å². The fraction of sp³-hybridized carbons (Fsp3) is 0.174. The number of thiazole rings is 1. The van der Waals surface area contributed by atoms with Gasteiger partial charge in [0.2, 0.25) is 6.79 Å². The number of nitrogens with zero attached hydrogens (tertiary/aromatic N) is 2. The van der Waals surface area contributed by atoms with Gasteiger partial charge in [-0.3, -0.25) is 0 Å². The summed E-state index contributed by atoms with van der Waals surface area (Å²) in [5.74, 6) is 1.58. The number of para-hydroxylation sites is 1. The van der Waals surface area contributed by atoms with Gasteiger partial charge in [-0.2, -0.15) is 0 Å². The van der Waals surface area contributed by atoms with Crippen molar-refractivity contribution in [1.82, 2.24) is 4.57 Å². The predicted molar refractivity (Wildman–Crippen MR) is 123 cm³/mol. The molecule has 0 saturated carbocycles. The quantitative estimate of drug-likeness (QED) is 0.350. The molecule has 0 atom stereocenters. The lowest BCUT2D eigenvalue weighted by molar-refractivity contribution is 0.174. The van der Waals surface area contributed by atoms with E-state index in [1.165, 1.54) is 11.1 Å². The first-order valence-corrected chi connectivity index (χ1v) is 11.6. The third-order valence-electron chi connectivity index (χ3n) is 5.05. The van der Waals surface area contributed by atoms with Crippen LogP contribution in [-0.2, 0) is 6.54 Å². The van der Waals surface area contributed by atoms with E-state index in [2.05, 4.69) is 54.1 Å². The second-order valence-electron chi connectivity index (χ2n) is 7.13. The smallest absolute Gasteiger partial charge is 0.231 e. The van der Waals surface area contributed by atoms with E-state index in [0.29, 0.717) is 6.54 Å². The zero-order valence-corrected chi connectivity index (χ0v) is 18.9. The average Bonchev–Trinajstić information content (AvgIpc) is 3.45. The summed E-state index contributed by atoms with van der Waals surface area (Å²) in [6.07, 6.45) is 0. The number of aryl methyl sites for hydroxylation is 2. The normalized spacial score (nSPS) is 13.2. The van der Waals surface area contributed by atoms with Crippen LogP contribution in [0.15, 0.2) is 58.9 Å². The number of benzene rings is 2. The summed E-state index contributed by atoms with van der Waals surface area (Å²) in [6.45, 7) is 5.15. The molecular weight excluding hydrogens is 436 g/mol.